The second-order valence-corrected chi connectivity index (χ2v) is 7.51. The summed E-state index contributed by atoms with van der Waals surface area (Å²) in [6.45, 7) is 3.73. The van der Waals surface area contributed by atoms with E-state index in [1.165, 1.54) is 0 Å². The van der Waals surface area contributed by atoms with E-state index < -0.39 is 11.6 Å². The number of carbonyl (C=O) groups is 2. The Bertz CT molecular complexity index is 849. The number of ketones is 1. The van der Waals surface area contributed by atoms with Crippen LogP contribution in [0.3, 0.4) is 0 Å². The van der Waals surface area contributed by atoms with E-state index in [9.17, 15) is 14.5 Å². The van der Waals surface area contributed by atoms with Crippen LogP contribution in [0, 0.1) is 4.91 Å². The number of halogens is 1. The van der Waals surface area contributed by atoms with E-state index in [2.05, 4.69) is 10.2 Å². The van der Waals surface area contributed by atoms with Crippen LogP contribution >= 0.6 is 11.6 Å². The lowest BCUT2D eigenvalue weighted by Crippen LogP contribution is -2.39. The van der Waals surface area contributed by atoms with Crippen LogP contribution in [0.5, 0.6) is 5.75 Å². The van der Waals surface area contributed by atoms with Gasteiger partial charge in [-0.05, 0) is 81.6 Å². The first-order valence-electron chi connectivity index (χ1n) is 9.54. The Morgan fingerprint density at radius 1 is 0.900 bits per heavy atom. The maximum atomic E-state index is 12.5. The highest BCUT2D eigenvalue weighted by Gasteiger charge is 2.31. The third kappa shape index (κ3) is 7.15. The largest absolute Gasteiger partial charge is 0.476 e. The Morgan fingerprint density at radius 3 is 2.07 bits per heavy atom. The summed E-state index contributed by atoms with van der Waals surface area (Å²) >= 11 is 5.85. The molecule has 0 spiro atoms. The van der Waals surface area contributed by atoms with Crippen molar-refractivity contribution in [2.24, 2.45) is 5.34 Å². The zero-order valence-electron chi connectivity index (χ0n) is 16.9. The highest BCUT2D eigenvalue weighted by Crippen LogP contribution is 2.22. The highest BCUT2D eigenvalue weighted by atomic mass is 35.5. The number of rotatable bonds is 12. The molecule has 0 aliphatic rings. The van der Waals surface area contributed by atoms with Gasteiger partial charge in [0, 0.05) is 16.1 Å². The normalized spacial score (nSPS) is 10.9. The Morgan fingerprint density at radius 2 is 1.47 bits per heavy atom. The Balaban J connectivity index is 1.85. The van der Waals surface area contributed by atoms with Gasteiger partial charge in [0.05, 0.1) is 6.61 Å². The van der Waals surface area contributed by atoms with Crippen molar-refractivity contribution in [1.82, 2.24) is 0 Å². The van der Waals surface area contributed by atoms with Gasteiger partial charge in [-0.3, -0.25) is 4.79 Å². The van der Waals surface area contributed by atoms with Crippen LogP contribution < -0.4 is 4.74 Å². The van der Waals surface area contributed by atoms with E-state index in [-0.39, 0.29) is 19.0 Å². The van der Waals surface area contributed by atoms with Crippen LogP contribution in [0.1, 0.15) is 49.0 Å². The first-order valence-corrected chi connectivity index (χ1v) is 9.92. The number of benzene rings is 2. The number of nitrogens with zero attached hydrogens (tertiary/aromatic N) is 1. The fourth-order valence-corrected chi connectivity index (χ4v) is 2.73. The maximum absolute atomic E-state index is 12.5. The summed E-state index contributed by atoms with van der Waals surface area (Å²) in [5, 5.41) is 2.88. The standard InChI is InChI=1S/C22H24ClNO6/c1-22(2,21(26)28-14-4-3-5-15-29-24-27)30-19-12-8-17(9-13-19)20(25)16-6-10-18(23)11-7-16/h6-13H,3-5,14-15H2,1-2H3. The van der Waals surface area contributed by atoms with Gasteiger partial charge in [-0.15, -0.1) is 4.91 Å². The third-order valence-electron chi connectivity index (χ3n) is 4.25. The van der Waals surface area contributed by atoms with E-state index in [0.717, 1.165) is 6.42 Å². The van der Waals surface area contributed by atoms with Crippen molar-refractivity contribution in [1.29, 1.82) is 0 Å². The number of ether oxygens (including phenoxy) is 2. The van der Waals surface area contributed by atoms with Gasteiger partial charge in [-0.1, -0.05) is 11.6 Å². The third-order valence-corrected chi connectivity index (χ3v) is 4.51. The molecule has 0 saturated heterocycles. The molecular weight excluding hydrogens is 410 g/mol. The smallest absolute Gasteiger partial charge is 0.349 e. The van der Waals surface area contributed by atoms with Crippen LogP contribution in [0.4, 0.5) is 0 Å². The lowest BCUT2D eigenvalue weighted by atomic mass is 10.0. The molecule has 0 N–H and O–H groups in total. The van der Waals surface area contributed by atoms with E-state index >= 15 is 0 Å². The van der Waals surface area contributed by atoms with Crippen LogP contribution in [0.15, 0.2) is 53.9 Å². The van der Waals surface area contributed by atoms with Gasteiger partial charge in [0.2, 0.25) is 0 Å². The van der Waals surface area contributed by atoms with E-state index in [4.69, 9.17) is 21.1 Å². The summed E-state index contributed by atoms with van der Waals surface area (Å²) < 4.78 is 11.0. The topological polar surface area (TPSA) is 91.3 Å². The molecule has 2 aromatic rings. The molecule has 0 aliphatic heterocycles. The molecule has 8 heteroatoms. The summed E-state index contributed by atoms with van der Waals surface area (Å²) in [4.78, 5) is 38.9. The average Bonchev–Trinajstić information content (AvgIpc) is 2.73. The first kappa shape index (κ1) is 23.3. The molecule has 0 amide bonds. The molecule has 0 unspecified atom stereocenters. The van der Waals surface area contributed by atoms with Gasteiger partial charge in [0.15, 0.2) is 16.7 Å². The number of carbonyl (C=O) groups excluding carboxylic acids is 2. The molecule has 7 nitrogen and oxygen atoms in total. The second kappa shape index (κ2) is 11.3. The molecular formula is C22H24ClNO6. The van der Waals surface area contributed by atoms with Gasteiger partial charge in [0.1, 0.15) is 12.4 Å². The summed E-state index contributed by atoms with van der Waals surface area (Å²) in [5.74, 6) is -0.177. The Labute approximate surface area is 180 Å². The molecule has 0 radical (unpaired) electrons. The molecule has 2 rings (SSSR count). The van der Waals surface area contributed by atoms with Crippen LogP contribution in [-0.4, -0.2) is 30.6 Å². The van der Waals surface area contributed by atoms with Gasteiger partial charge in [-0.2, -0.15) is 0 Å². The highest BCUT2D eigenvalue weighted by molar-refractivity contribution is 6.30. The quantitative estimate of drug-likeness (QED) is 0.151. The first-order chi connectivity index (χ1) is 14.3. The molecule has 0 heterocycles. The fraction of sp³-hybridized carbons (Fsp3) is 0.364. The van der Waals surface area contributed by atoms with E-state index in [1.807, 2.05) is 0 Å². The van der Waals surface area contributed by atoms with Crippen molar-refractivity contribution in [3.8, 4) is 5.75 Å². The van der Waals surface area contributed by atoms with Crippen molar-refractivity contribution in [3.05, 3.63) is 69.6 Å². The lowest BCUT2D eigenvalue weighted by Gasteiger charge is -2.24. The second-order valence-electron chi connectivity index (χ2n) is 7.08. The molecule has 160 valence electrons. The molecule has 0 aliphatic carbocycles. The minimum Gasteiger partial charge on any atom is -0.476 e. The molecule has 0 bridgehead atoms. The number of unbranched alkanes of at least 4 members (excludes halogenated alkanes) is 2. The van der Waals surface area contributed by atoms with E-state index in [1.54, 1.807) is 62.4 Å². The number of esters is 1. The monoisotopic (exact) mass is 433 g/mol. The minimum absolute atomic E-state index is 0.133. The van der Waals surface area contributed by atoms with Gasteiger partial charge in [0.25, 0.3) is 0 Å². The van der Waals surface area contributed by atoms with Crippen LogP contribution in [-0.2, 0) is 14.4 Å². The molecule has 0 saturated carbocycles. The zero-order chi connectivity index (χ0) is 22.0. The van der Waals surface area contributed by atoms with Crippen molar-refractivity contribution >= 4 is 23.4 Å². The number of hydrogen-bond acceptors (Lipinski definition) is 7. The van der Waals surface area contributed by atoms with Crippen molar-refractivity contribution < 1.29 is 23.9 Å². The lowest BCUT2D eigenvalue weighted by molar-refractivity contribution is -0.159. The van der Waals surface area contributed by atoms with Gasteiger partial charge in [-0.25, -0.2) is 4.79 Å². The maximum Gasteiger partial charge on any atom is 0.349 e. The molecule has 0 atom stereocenters. The Hall–Kier alpha value is -2.93. The summed E-state index contributed by atoms with van der Waals surface area (Å²) in [6.07, 6.45) is 2.04. The molecule has 0 aromatic heterocycles. The summed E-state index contributed by atoms with van der Waals surface area (Å²) in [7, 11) is 0. The van der Waals surface area contributed by atoms with Gasteiger partial charge < -0.3 is 14.3 Å². The Kier molecular flexibility index (Phi) is 8.80. The van der Waals surface area contributed by atoms with Crippen LogP contribution in [0.2, 0.25) is 5.02 Å². The molecule has 2 aromatic carbocycles. The summed E-state index contributed by atoms with van der Waals surface area (Å²) in [6, 6.07) is 13.2. The van der Waals surface area contributed by atoms with Gasteiger partial charge >= 0.3 is 5.97 Å². The molecule has 0 fully saturated rings. The number of hydrogen-bond donors (Lipinski definition) is 0. The van der Waals surface area contributed by atoms with Crippen molar-refractivity contribution in [2.45, 2.75) is 38.7 Å². The fourth-order valence-electron chi connectivity index (χ4n) is 2.60. The predicted molar refractivity (Wildman–Crippen MR) is 113 cm³/mol. The predicted octanol–water partition coefficient (Wildman–Crippen LogP) is 5.14. The SMILES string of the molecule is CC(C)(Oc1ccc(C(=O)c2ccc(Cl)cc2)cc1)C(=O)OCCCCCON=O. The average molecular weight is 434 g/mol. The zero-order valence-corrected chi connectivity index (χ0v) is 17.7. The molecule has 30 heavy (non-hydrogen) atoms. The summed E-state index contributed by atoms with van der Waals surface area (Å²) in [5.41, 5.74) is -0.156. The van der Waals surface area contributed by atoms with Crippen LogP contribution in [0.25, 0.3) is 0 Å². The van der Waals surface area contributed by atoms with Crippen molar-refractivity contribution in [3.63, 3.8) is 0 Å². The van der Waals surface area contributed by atoms with E-state index in [0.29, 0.717) is 34.7 Å². The van der Waals surface area contributed by atoms with Crippen molar-refractivity contribution in [2.75, 3.05) is 13.2 Å². The minimum atomic E-state index is -1.19.